The molecule has 0 spiro atoms. The highest BCUT2D eigenvalue weighted by Gasteiger charge is 2.04. The number of aryl methyl sites for hydroxylation is 1. The van der Waals surface area contributed by atoms with Gasteiger partial charge in [0, 0.05) is 13.6 Å². The number of aromatic nitrogens is 3. The molecule has 1 heterocycles. The van der Waals surface area contributed by atoms with Crippen LogP contribution in [0.5, 0.6) is 11.5 Å². The number of hydrogen-bond donors (Lipinski definition) is 2. The molecule has 0 radical (unpaired) electrons. The predicted octanol–water partition coefficient (Wildman–Crippen LogP) is 1.05. The van der Waals surface area contributed by atoms with E-state index in [4.69, 9.17) is 9.47 Å². The Balaban J connectivity index is 1.69. The van der Waals surface area contributed by atoms with Crippen molar-refractivity contribution < 1.29 is 9.47 Å². The minimum atomic E-state index is 0.526. The topological polar surface area (TPSA) is 85.6 Å². The molecule has 0 saturated carbocycles. The van der Waals surface area contributed by atoms with E-state index in [1.165, 1.54) is 0 Å². The van der Waals surface area contributed by atoms with Crippen molar-refractivity contribution in [3.05, 3.63) is 36.4 Å². The van der Waals surface area contributed by atoms with E-state index in [0.717, 1.165) is 23.9 Å². The summed E-state index contributed by atoms with van der Waals surface area (Å²) in [5.41, 5.74) is 0. The van der Waals surface area contributed by atoms with Gasteiger partial charge in [-0.2, -0.15) is 0 Å². The van der Waals surface area contributed by atoms with Crippen LogP contribution in [-0.4, -0.2) is 48.0 Å². The number of guanidine groups is 1. The van der Waals surface area contributed by atoms with Gasteiger partial charge in [0.2, 0.25) is 0 Å². The molecule has 0 aliphatic carbocycles. The molecule has 0 aliphatic rings. The molecular weight excluding hydrogens is 308 g/mol. The molecule has 130 valence electrons. The summed E-state index contributed by atoms with van der Waals surface area (Å²) in [6, 6.07) is 7.49. The first-order valence-electron chi connectivity index (χ1n) is 7.84. The van der Waals surface area contributed by atoms with Crippen LogP contribution in [-0.2, 0) is 13.1 Å². The van der Waals surface area contributed by atoms with Crippen LogP contribution in [0.2, 0.25) is 0 Å². The van der Waals surface area contributed by atoms with Crippen molar-refractivity contribution in [1.29, 1.82) is 0 Å². The Morgan fingerprint density at radius 2 is 1.96 bits per heavy atom. The van der Waals surface area contributed by atoms with E-state index in [1.807, 2.05) is 28.8 Å². The average molecular weight is 332 g/mol. The van der Waals surface area contributed by atoms with E-state index in [1.54, 1.807) is 20.5 Å². The Kier molecular flexibility index (Phi) is 6.88. The fraction of sp³-hybridized carbons (Fsp3) is 0.438. The van der Waals surface area contributed by atoms with E-state index in [9.17, 15) is 0 Å². The first-order valence-corrected chi connectivity index (χ1v) is 7.84. The van der Waals surface area contributed by atoms with Gasteiger partial charge >= 0.3 is 0 Å². The second-order valence-corrected chi connectivity index (χ2v) is 4.91. The maximum absolute atomic E-state index is 5.66. The normalized spacial score (nSPS) is 11.2. The molecule has 0 atom stereocenters. The van der Waals surface area contributed by atoms with E-state index < -0.39 is 0 Å². The van der Waals surface area contributed by atoms with Crippen LogP contribution in [0.25, 0.3) is 0 Å². The van der Waals surface area contributed by atoms with Gasteiger partial charge in [-0.3, -0.25) is 4.99 Å². The summed E-state index contributed by atoms with van der Waals surface area (Å²) in [6.45, 7) is 4.61. The monoisotopic (exact) mass is 332 g/mol. The molecule has 2 aromatic rings. The fourth-order valence-corrected chi connectivity index (χ4v) is 2.07. The van der Waals surface area contributed by atoms with Crippen LogP contribution < -0.4 is 20.1 Å². The summed E-state index contributed by atoms with van der Waals surface area (Å²) in [4.78, 5) is 4.18. The molecule has 0 unspecified atom stereocenters. The van der Waals surface area contributed by atoms with Crippen molar-refractivity contribution in [2.45, 2.75) is 20.0 Å². The zero-order valence-corrected chi connectivity index (χ0v) is 14.3. The molecule has 1 aromatic heterocycles. The van der Waals surface area contributed by atoms with E-state index in [2.05, 4.69) is 32.7 Å². The van der Waals surface area contributed by atoms with Crippen LogP contribution in [0.1, 0.15) is 12.7 Å². The third-order valence-electron chi connectivity index (χ3n) is 3.40. The smallest absolute Gasteiger partial charge is 0.191 e. The summed E-state index contributed by atoms with van der Waals surface area (Å²) in [5.74, 6) is 3.18. The molecule has 8 nitrogen and oxygen atoms in total. The number of nitrogens with zero attached hydrogens (tertiary/aromatic N) is 4. The van der Waals surface area contributed by atoms with Crippen molar-refractivity contribution in [3.63, 3.8) is 0 Å². The molecule has 0 saturated heterocycles. The number of nitrogens with one attached hydrogen (secondary N) is 2. The Morgan fingerprint density at radius 3 is 2.62 bits per heavy atom. The summed E-state index contributed by atoms with van der Waals surface area (Å²) in [6.07, 6.45) is 1.72. The van der Waals surface area contributed by atoms with Crippen LogP contribution in [0.4, 0.5) is 0 Å². The number of hydrogen-bond acceptors (Lipinski definition) is 5. The van der Waals surface area contributed by atoms with Crippen molar-refractivity contribution in [1.82, 2.24) is 25.4 Å². The summed E-state index contributed by atoms with van der Waals surface area (Å²) in [7, 11) is 3.37. The summed E-state index contributed by atoms with van der Waals surface area (Å²) in [5, 5.41) is 14.4. The lowest BCUT2D eigenvalue weighted by Gasteiger charge is -2.12. The highest BCUT2D eigenvalue weighted by Crippen LogP contribution is 2.16. The lowest BCUT2D eigenvalue weighted by molar-refractivity contribution is 0.321. The van der Waals surface area contributed by atoms with Gasteiger partial charge in [0.25, 0.3) is 0 Å². The third-order valence-corrected chi connectivity index (χ3v) is 3.40. The Bertz CT molecular complexity index is 638. The van der Waals surface area contributed by atoms with Gasteiger partial charge in [-0.1, -0.05) is 0 Å². The molecule has 0 aliphatic heterocycles. The maximum Gasteiger partial charge on any atom is 0.191 e. The predicted molar refractivity (Wildman–Crippen MR) is 92.4 cm³/mol. The number of ether oxygens (including phenoxy) is 2. The molecule has 2 rings (SSSR count). The van der Waals surface area contributed by atoms with Gasteiger partial charge in [-0.25, -0.2) is 0 Å². The zero-order valence-electron chi connectivity index (χ0n) is 14.3. The Labute approximate surface area is 141 Å². The molecule has 8 heteroatoms. The first kappa shape index (κ1) is 17.6. The summed E-state index contributed by atoms with van der Waals surface area (Å²) >= 11 is 0. The second kappa shape index (κ2) is 9.39. The van der Waals surface area contributed by atoms with Gasteiger partial charge < -0.3 is 24.7 Å². The second-order valence-electron chi connectivity index (χ2n) is 4.91. The van der Waals surface area contributed by atoms with Crippen LogP contribution in [0, 0.1) is 0 Å². The number of benzene rings is 1. The van der Waals surface area contributed by atoms with E-state index >= 15 is 0 Å². The lowest BCUT2D eigenvalue weighted by atomic mass is 10.3. The third kappa shape index (κ3) is 5.15. The van der Waals surface area contributed by atoms with Gasteiger partial charge in [0.05, 0.1) is 20.2 Å². The quantitative estimate of drug-likeness (QED) is 0.427. The van der Waals surface area contributed by atoms with Gasteiger partial charge in [-0.05, 0) is 31.2 Å². The maximum atomic E-state index is 5.66. The molecule has 24 heavy (non-hydrogen) atoms. The Hall–Kier alpha value is -2.77. The van der Waals surface area contributed by atoms with Crippen molar-refractivity contribution >= 4 is 5.96 Å². The highest BCUT2D eigenvalue weighted by atomic mass is 16.5. The van der Waals surface area contributed by atoms with Gasteiger partial charge in [0.15, 0.2) is 11.8 Å². The zero-order chi connectivity index (χ0) is 17.2. The van der Waals surface area contributed by atoms with Crippen molar-refractivity contribution in [2.24, 2.45) is 4.99 Å². The molecular formula is C16H24N6O2. The fourth-order valence-electron chi connectivity index (χ4n) is 2.07. The van der Waals surface area contributed by atoms with Crippen LogP contribution >= 0.6 is 0 Å². The number of methoxy groups -OCH3 is 1. The van der Waals surface area contributed by atoms with Gasteiger partial charge in [-0.15, -0.1) is 10.2 Å². The highest BCUT2D eigenvalue weighted by molar-refractivity contribution is 5.79. The number of rotatable bonds is 8. The first-order chi connectivity index (χ1) is 11.8. The lowest BCUT2D eigenvalue weighted by Crippen LogP contribution is -2.39. The molecule has 0 bridgehead atoms. The standard InChI is InChI=1S/C16H24N6O2/c1-4-22-12-20-21-15(22)11-19-16(17-2)18-9-10-24-14-7-5-13(23-3)6-8-14/h5-8,12H,4,9-11H2,1-3H3,(H2,17,18,19). The molecule has 1 aromatic carbocycles. The molecule has 0 amide bonds. The largest absolute Gasteiger partial charge is 0.497 e. The van der Waals surface area contributed by atoms with Crippen LogP contribution in [0.15, 0.2) is 35.6 Å². The van der Waals surface area contributed by atoms with Crippen molar-refractivity contribution in [3.8, 4) is 11.5 Å². The van der Waals surface area contributed by atoms with E-state index in [-0.39, 0.29) is 0 Å². The van der Waals surface area contributed by atoms with Crippen LogP contribution in [0.3, 0.4) is 0 Å². The van der Waals surface area contributed by atoms with Gasteiger partial charge in [0.1, 0.15) is 24.4 Å². The SMILES string of the molecule is CCn1cnnc1CNC(=NC)NCCOc1ccc(OC)cc1. The van der Waals surface area contributed by atoms with Crippen molar-refractivity contribution in [2.75, 3.05) is 27.3 Å². The summed E-state index contributed by atoms with van der Waals surface area (Å²) < 4.78 is 12.8. The Morgan fingerprint density at radius 1 is 1.21 bits per heavy atom. The number of aliphatic imine (C=N–C) groups is 1. The molecule has 2 N–H and O–H groups in total. The van der Waals surface area contributed by atoms with E-state index in [0.29, 0.717) is 25.7 Å². The minimum absolute atomic E-state index is 0.526. The average Bonchev–Trinajstić information content (AvgIpc) is 3.09. The molecule has 0 fully saturated rings. The minimum Gasteiger partial charge on any atom is -0.497 e.